The van der Waals surface area contributed by atoms with Crippen molar-refractivity contribution in [2.45, 2.75) is 6.10 Å². The number of fused-ring (bicyclic) bond motifs is 1. The van der Waals surface area contributed by atoms with E-state index in [0.717, 1.165) is 0 Å². The average molecular weight is 407 g/mol. The number of hydrazone groups is 1. The van der Waals surface area contributed by atoms with Crippen LogP contribution in [0.5, 0.6) is 23.0 Å². The van der Waals surface area contributed by atoms with Crippen LogP contribution in [0.25, 0.3) is 0 Å². The van der Waals surface area contributed by atoms with Crippen molar-refractivity contribution in [2.75, 3.05) is 13.7 Å². The summed E-state index contributed by atoms with van der Waals surface area (Å²) >= 11 is 3.31. The van der Waals surface area contributed by atoms with E-state index in [-0.39, 0.29) is 12.4 Å². The number of phenolic OH excluding ortho intramolecular Hbond substituents is 1. The second-order valence-electron chi connectivity index (χ2n) is 5.14. The Balaban J connectivity index is 1.65. The van der Waals surface area contributed by atoms with Gasteiger partial charge >= 0.3 is 0 Å². The van der Waals surface area contributed by atoms with E-state index in [9.17, 15) is 9.90 Å². The lowest BCUT2D eigenvalue weighted by atomic mass is 10.2. The van der Waals surface area contributed by atoms with E-state index >= 15 is 0 Å². The predicted octanol–water partition coefficient (Wildman–Crippen LogP) is 2.45. The summed E-state index contributed by atoms with van der Waals surface area (Å²) in [5, 5.41) is 13.9. The summed E-state index contributed by atoms with van der Waals surface area (Å²) in [5.74, 6) is 0.873. The van der Waals surface area contributed by atoms with Crippen LogP contribution in [0.4, 0.5) is 0 Å². The molecule has 0 fully saturated rings. The van der Waals surface area contributed by atoms with Crippen molar-refractivity contribution < 1.29 is 24.1 Å². The Morgan fingerprint density at radius 3 is 2.92 bits per heavy atom. The number of carbonyl (C=O) groups is 1. The number of para-hydroxylation sites is 2. The first-order chi connectivity index (χ1) is 12.1. The summed E-state index contributed by atoms with van der Waals surface area (Å²) in [6.45, 7) is 0.0916. The van der Waals surface area contributed by atoms with Crippen molar-refractivity contribution in [3.8, 4) is 23.0 Å². The largest absolute Gasteiger partial charge is 0.504 e. The highest BCUT2D eigenvalue weighted by atomic mass is 79.9. The Morgan fingerprint density at radius 2 is 2.16 bits per heavy atom. The molecule has 2 aromatic rings. The molecule has 0 saturated carbocycles. The van der Waals surface area contributed by atoms with E-state index in [1.54, 1.807) is 30.3 Å². The van der Waals surface area contributed by atoms with E-state index in [1.807, 2.05) is 6.07 Å². The van der Waals surface area contributed by atoms with Gasteiger partial charge in [0.15, 0.2) is 23.0 Å². The highest BCUT2D eigenvalue weighted by Crippen LogP contribution is 2.33. The van der Waals surface area contributed by atoms with E-state index in [0.29, 0.717) is 27.3 Å². The molecular weight excluding hydrogens is 392 g/mol. The van der Waals surface area contributed by atoms with Crippen molar-refractivity contribution in [1.29, 1.82) is 0 Å². The van der Waals surface area contributed by atoms with E-state index < -0.39 is 12.0 Å². The molecule has 1 aliphatic rings. The number of benzene rings is 2. The molecule has 0 bridgehead atoms. The maximum atomic E-state index is 12.1. The standard InChI is InChI=1S/C17H15BrN2O5/c1-23-14-7-11(18)6-10(16(14)21)8-19-20-17(22)15-9-24-12-4-2-3-5-13(12)25-15/h2-8,15,21H,9H2,1H3,(H,20,22)/b19-8-. The number of rotatable bonds is 4. The number of nitrogens with zero attached hydrogens (tertiary/aromatic N) is 1. The van der Waals surface area contributed by atoms with Crippen LogP contribution < -0.4 is 19.6 Å². The minimum atomic E-state index is -0.808. The fraction of sp³-hybridized carbons (Fsp3) is 0.176. The Bertz CT molecular complexity index is 825. The van der Waals surface area contributed by atoms with Gasteiger partial charge in [-0.3, -0.25) is 4.79 Å². The highest BCUT2D eigenvalue weighted by Gasteiger charge is 2.27. The van der Waals surface area contributed by atoms with E-state index in [1.165, 1.54) is 13.3 Å². The van der Waals surface area contributed by atoms with Gasteiger partial charge in [-0.25, -0.2) is 5.43 Å². The lowest BCUT2D eigenvalue weighted by Crippen LogP contribution is -2.42. The third kappa shape index (κ3) is 3.85. The molecule has 1 aliphatic heterocycles. The summed E-state index contributed by atoms with van der Waals surface area (Å²) in [4.78, 5) is 12.1. The van der Waals surface area contributed by atoms with Crippen molar-refractivity contribution >= 4 is 28.1 Å². The van der Waals surface area contributed by atoms with Gasteiger partial charge in [-0.1, -0.05) is 28.1 Å². The normalized spacial score (nSPS) is 15.8. The Hall–Kier alpha value is -2.74. The number of hydrogen-bond donors (Lipinski definition) is 2. The molecule has 0 spiro atoms. The first-order valence-corrected chi connectivity index (χ1v) is 8.15. The van der Waals surface area contributed by atoms with Crippen LogP contribution in [0.1, 0.15) is 5.56 Å². The monoisotopic (exact) mass is 406 g/mol. The van der Waals surface area contributed by atoms with Crippen LogP contribution in [0.15, 0.2) is 46.0 Å². The molecular formula is C17H15BrN2O5. The molecule has 3 rings (SSSR count). The van der Waals surface area contributed by atoms with Crippen LogP contribution in [0.2, 0.25) is 0 Å². The van der Waals surface area contributed by atoms with E-state index in [4.69, 9.17) is 14.2 Å². The lowest BCUT2D eigenvalue weighted by molar-refractivity contribution is -0.130. The minimum Gasteiger partial charge on any atom is -0.504 e. The van der Waals surface area contributed by atoms with Crippen molar-refractivity contribution in [1.82, 2.24) is 5.43 Å². The number of phenols is 1. The molecule has 25 heavy (non-hydrogen) atoms. The maximum Gasteiger partial charge on any atom is 0.284 e. The first kappa shape index (κ1) is 17.1. The summed E-state index contributed by atoms with van der Waals surface area (Å²) in [7, 11) is 1.45. The van der Waals surface area contributed by atoms with Gasteiger partial charge in [0.25, 0.3) is 5.91 Å². The summed E-state index contributed by atoms with van der Waals surface area (Å²) in [5.41, 5.74) is 2.76. The van der Waals surface area contributed by atoms with Crippen LogP contribution in [0, 0.1) is 0 Å². The molecule has 1 atom stereocenters. The molecule has 0 radical (unpaired) electrons. The highest BCUT2D eigenvalue weighted by molar-refractivity contribution is 9.10. The number of methoxy groups -OCH3 is 1. The van der Waals surface area contributed by atoms with Crippen molar-refractivity contribution in [3.05, 3.63) is 46.4 Å². The molecule has 1 heterocycles. The second-order valence-corrected chi connectivity index (χ2v) is 6.06. The topological polar surface area (TPSA) is 89.4 Å². The van der Waals surface area contributed by atoms with Gasteiger partial charge in [0, 0.05) is 10.0 Å². The Morgan fingerprint density at radius 1 is 1.40 bits per heavy atom. The van der Waals surface area contributed by atoms with Crippen LogP contribution in [-0.2, 0) is 4.79 Å². The molecule has 1 amide bonds. The SMILES string of the molecule is COc1cc(Br)cc(/C=N\NC(=O)C2COc3ccccc3O2)c1O. The van der Waals surface area contributed by atoms with E-state index in [2.05, 4.69) is 26.5 Å². The summed E-state index contributed by atoms with van der Waals surface area (Å²) in [6, 6.07) is 10.4. The second kappa shape index (κ2) is 7.43. The zero-order valence-electron chi connectivity index (χ0n) is 13.2. The quantitative estimate of drug-likeness (QED) is 0.601. The molecule has 0 aromatic heterocycles. The number of hydrogen-bond acceptors (Lipinski definition) is 6. The number of ether oxygens (including phenoxy) is 3. The average Bonchev–Trinajstić information content (AvgIpc) is 2.63. The van der Waals surface area contributed by atoms with Gasteiger partial charge in [0.2, 0.25) is 6.10 Å². The van der Waals surface area contributed by atoms with Crippen LogP contribution in [-0.4, -0.2) is 37.0 Å². The van der Waals surface area contributed by atoms with Crippen LogP contribution in [0.3, 0.4) is 0 Å². The zero-order chi connectivity index (χ0) is 17.8. The smallest absolute Gasteiger partial charge is 0.284 e. The predicted molar refractivity (Wildman–Crippen MR) is 94.4 cm³/mol. The molecule has 0 aliphatic carbocycles. The summed E-state index contributed by atoms with van der Waals surface area (Å²) in [6.07, 6.45) is 0.510. The zero-order valence-corrected chi connectivity index (χ0v) is 14.8. The minimum absolute atomic E-state index is 0.0742. The van der Waals surface area contributed by atoms with Gasteiger partial charge in [-0.2, -0.15) is 5.10 Å². The third-order valence-electron chi connectivity index (χ3n) is 3.47. The molecule has 7 nitrogen and oxygen atoms in total. The Labute approximate surface area is 152 Å². The molecule has 130 valence electrons. The molecule has 2 aromatic carbocycles. The van der Waals surface area contributed by atoms with Gasteiger partial charge in [0.1, 0.15) is 6.61 Å². The third-order valence-corrected chi connectivity index (χ3v) is 3.93. The lowest BCUT2D eigenvalue weighted by Gasteiger charge is -2.24. The molecule has 2 N–H and O–H groups in total. The number of amides is 1. The van der Waals surface area contributed by atoms with Gasteiger partial charge < -0.3 is 19.3 Å². The fourth-order valence-electron chi connectivity index (χ4n) is 2.23. The number of halogens is 1. The van der Waals surface area contributed by atoms with Gasteiger partial charge in [-0.15, -0.1) is 0 Å². The molecule has 8 heteroatoms. The molecule has 1 unspecified atom stereocenters. The fourth-order valence-corrected chi connectivity index (χ4v) is 2.69. The maximum absolute atomic E-state index is 12.1. The van der Waals surface area contributed by atoms with Gasteiger partial charge in [-0.05, 0) is 24.3 Å². The number of aromatic hydroxyl groups is 1. The van der Waals surface area contributed by atoms with Gasteiger partial charge in [0.05, 0.1) is 13.3 Å². The van der Waals surface area contributed by atoms with Crippen molar-refractivity contribution in [2.24, 2.45) is 5.10 Å². The number of carbonyl (C=O) groups excluding carboxylic acids is 1. The Kier molecular flexibility index (Phi) is 5.08. The number of nitrogens with one attached hydrogen (secondary N) is 1. The molecule has 0 saturated heterocycles. The van der Waals surface area contributed by atoms with Crippen molar-refractivity contribution in [3.63, 3.8) is 0 Å². The summed E-state index contributed by atoms with van der Waals surface area (Å²) < 4.78 is 16.8. The van der Waals surface area contributed by atoms with Crippen LogP contribution >= 0.6 is 15.9 Å². The first-order valence-electron chi connectivity index (χ1n) is 7.36.